The van der Waals surface area contributed by atoms with Crippen LogP contribution >= 0.6 is 0 Å². The van der Waals surface area contributed by atoms with E-state index in [0.717, 1.165) is 12.3 Å². The first kappa shape index (κ1) is 14.9. The van der Waals surface area contributed by atoms with E-state index < -0.39 is 0 Å². The van der Waals surface area contributed by atoms with Gasteiger partial charge in [0.1, 0.15) is 0 Å². The van der Waals surface area contributed by atoms with Gasteiger partial charge >= 0.3 is 0 Å². The van der Waals surface area contributed by atoms with Gasteiger partial charge in [0.25, 0.3) is 5.91 Å². The highest BCUT2D eigenvalue weighted by molar-refractivity contribution is 5.95. The van der Waals surface area contributed by atoms with Crippen LogP contribution in [0, 0.1) is 5.92 Å². The molecular weight excluding hydrogens is 248 g/mol. The van der Waals surface area contributed by atoms with Crippen molar-refractivity contribution >= 4 is 11.6 Å². The molecule has 1 aliphatic carbocycles. The quantitative estimate of drug-likeness (QED) is 0.803. The third-order valence-corrected chi connectivity index (χ3v) is 4.26. The minimum Gasteiger partial charge on any atom is -0.399 e. The monoisotopic (exact) mass is 274 g/mol. The van der Waals surface area contributed by atoms with E-state index in [9.17, 15) is 4.79 Å². The Morgan fingerprint density at radius 1 is 1.35 bits per heavy atom. The fourth-order valence-corrected chi connectivity index (χ4v) is 3.02. The molecule has 20 heavy (non-hydrogen) atoms. The summed E-state index contributed by atoms with van der Waals surface area (Å²) in [7, 11) is 0. The first-order valence-corrected chi connectivity index (χ1v) is 7.81. The highest BCUT2D eigenvalue weighted by atomic mass is 16.1. The largest absolute Gasteiger partial charge is 0.399 e. The number of carbonyl (C=O) groups excluding carboxylic acids is 1. The molecular formula is C17H26N2O. The standard InChI is InChI=1S/C17H26N2O/c1-13(10-11-14-6-3-2-4-7-14)19-17(20)15-8-5-9-16(18)12-15/h5,8-9,12-14H,2-4,6-7,10-11,18H2,1H3,(H,19,20). The third-order valence-electron chi connectivity index (χ3n) is 4.26. The molecule has 2 rings (SSSR count). The number of carbonyl (C=O) groups is 1. The SMILES string of the molecule is CC(CCC1CCCCC1)NC(=O)c1cccc(N)c1. The van der Waals surface area contributed by atoms with Gasteiger partial charge in [0.2, 0.25) is 0 Å². The average Bonchev–Trinajstić information content (AvgIpc) is 2.46. The Morgan fingerprint density at radius 3 is 2.80 bits per heavy atom. The zero-order valence-electron chi connectivity index (χ0n) is 12.4. The zero-order chi connectivity index (χ0) is 14.4. The van der Waals surface area contributed by atoms with Gasteiger partial charge < -0.3 is 11.1 Å². The number of nitrogens with two attached hydrogens (primary N) is 1. The zero-order valence-corrected chi connectivity index (χ0v) is 12.4. The number of nitrogen functional groups attached to an aromatic ring is 1. The van der Waals surface area contributed by atoms with Crippen LogP contribution in [-0.4, -0.2) is 11.9 Å². The van der Waals surface area contributed by atoms with Crippen LogP contribution in [0.2, 0.25) is 0 Å². The molecule has 1 amide bonds. The highest BCUT2D eigenvalue weighted by Gasteiger charge is 2.15. The van der Waals surface area contributed by atoms with Crippen LogP contribution in [0.25, 0.3) is 0 Å². The summed E-state index contributed by atoms with van der Waals surface area (Å²) in [6.07, 6.45) is 9.21. The first-order chi connectivity index (χ1) is 9.65. The number of anilines is 1. The lowest BCUT2D eigenvalue weighted by Gasteiger charge is -2.23. The molecule has 3 N–H and O–H groups in total. The first-order valence-electron chi connectivity index (χ1n) is 7.81. The summed E-state index contributed by atoms with van der Waals surface area (Å²) in [6.45, 7) is 2.09. The van der Waals surface area contributed by atoms with Gasteiger partial charge in [-0.2, -0.15) is 0 Å². The van der Waals surface area contributed by atoms with Crippen LogP contribution in [0.1, 0.15) is 62.2 Å². The molecule has 0 saturated heterocycles. The predicted molar refractivity (Wildman–Crippen MR) is 83.6 cm³/mol. The lowest BCUT2D eigenvalue weighted by Crippen LogP contribution is -2.33. The molecule has 3 heteroatoms. The number of amides is 1. The lowest BCUT2D eigenvalue weighted by molar-refractivity contribution is 0.0936. The Bertz CT molecular complexity index is 438. The number of nitrogens with one attached hydrogen (secondary N) is 1. The van der Waals surface area contributed by atoms with Crippen LogP contribution in [0.4, 0.5) is 5.69 Å². The van der Waals surface area contributed by atoms with E-state index in [1.165, 1.54) is 38.5 Å². The highest BCUT2D eigenvalue weighted by Crippen LogP contribution is 2.27. The van der Waals surface area contributed by atoms with Gasteiger partial charge in [0, 0.05) is 17.3 Å². The van der Waals surface area contributed by atoms with Gasteiger partial charge in [-0.25, -0.2) is 0 Å². The molecule has 1 unspecified atom stereocenters. The van der Waals surface area contributed by atoms with Crippen LogP contribution in [0.3, 0.4) is 0 Å². The van der Waals surface area contributed by atoms with Gasteiger partial charge in [0.05, 0.1) is 0 Å². The molecule has 0 aromatic heterocycles. The van der Waals surface area contributed by atoms with Crippen molar-refractivity contribution in [3.8, 4) is 0 Å². The van der Waals surface area contributed by atoms with Crippen molar-refractivity contribution in [2.75, 3.05) is 5.73 Å². The van der Waals surface area contributed by atoms with Crippen molar-refractivity contribution in [2.45, 2.75) is 57.9 Å². The predicted octanol–water partition coefficient (Wildman–Crippen LogP) is 3.75. The second-order valence-electron chi connectivity index (χ2n) is 6.08. The van der Waals surface area contributed by atoms with Gasteiger partial charge in [0.15, 0.2) is 0 Å². The molecule has 110 valence electrons. The number of rotatable bonds is 5. The Kier molecular flexibility index (Phi) is 5.45. The van der Waals surface area contributed by atoms with E-state index >= 15 is 0 Å². The van der Waals surface area contributed by atoms with Gasteiger partial charge in [-0.3, -0.25) is 4.79 Å². The van der Waals surface area contributed by atoms with Crippen molar-refractivity contribution in [1.82, 2.24) is 5.32 Å². The normalized spacial score (nSPS) is 17.6. The molecule has 1 saturated carbocycles. The molecule has 0 spiro atoms. The maximum atomic E-state index is 12.1. The van der Waals surface area contributed by atoms with Gasteiger partial charge in [-0.05, 0) is 43.9 Å². The average molecular weight is 274 g/mol. The van der Waals surface area contributed by atoms with Crippen molar-refractivity contribution < 1.29 is 4.79 Å². The molecule has 1 aromatic rings. The summed E-state index contributed by atoms with van der Waals surface area (Å²) in [5.41, 5.74) is 6.98. The summed E-state index contributed by atoms with van der Waals surface area (Å²) >= 11 is 0. The number of benzene rings is 1. The molecule has 0 bridgehead atoms. The second-order valence-corrected chi connectivity index (χ2v) is 6.08. The molecule has 1 atom stereocenters. The van der Waals surface area contributed by atoms with E-state index in [-0.39, 0.29) is 11.9 Å². The summed E-state index contributed by atoms with van der Waals surface area (Å²) in [6, 6.07) is 7.37. The molecule has 1 fully saturated rings. The Hall–Kier alpha value is -1.51. The second kappa shape index (κ2) is 7.32. The maximum absolute atomic E-state index is 12.1. The van der Waals surface area contributed by atoms with Crippen molar-refractivity contribution in [2.24, 2.45) is 5.92 Å². The minimum absolute atomic E-state index is 0.0200. The summed E-state index contributed by atoms with van der Waals surface area (Å²) in [4.78, 5) is 12.1. The summed E-state index contributed by atoms with van der Waals surface area (Å²) in [5.74, 6) is 0.851. The van der Waals surface area contributed by atoms with Crippen molar-refractivity contribution in [3.63, 3.8) is 0 Å². The molecule has 0 heterocycles. The fraction of sp³-hybridized carbons (Fsp3) is 0.588. The molecule has 1 aromatic carbocycles. The molecule has 1 aliphatic rings. The number of hydrogen-bond acceptors (Lipinski definition) is 2. The molecule has 3 nitrogen and oxygen atoms in total. The van der Waals surface area contributed by atoms with E-state index in [1.54, 1.807) is 18.2 Å². The Labute approximate surface area is 121 Å². The van der Waals surface area contributed by atoms with Crippen molar-refractivity contribution in [3.05, 3.63) is 29.8 Å². The van der Waals surface area contributed by atoms with Crippen LogP contribution in [-0.2, 0) is 0 Å². The molecule has 0 aliphatic heterocycles. The third kappa shape index (κ3) is 4.55. The lowest BCUT2D eigenvalue weighted by atomic mass is 9.85. The van der Waals surface area contributed by atoms with Gasteiger partial charge in [-0.1, -0.05) is 38.2 Å². The molecule has 0 radical (unpaired) electrons. The van der Waals surface area contributed by atoms with E-state index in [2.05, 4.69) is 12.2 Å². The van der Waals surface area contributed by atoms with E-state index in [1.807, 2.05) is 6.07 Å². The van der Waals surface area contributed by atoms with E-state index in [0.29, 0.717) is 11.3 Å². The topological polar surface area (TPSA) is 55.1 Å². The van der Waals surface area contributed by atoms with Crippen molar-refractivity contribution in [1.29, 1.82) is 0 Å². The van der Waals surface area contributed by atoms with Crippen LogP contribution in [0.5, 0.6) is 0 Å². The maximum Gasteiger partial charge on any atom is 0.251 e. The number of hydrogen-bond donors (Lipinski definition) is 2. The fourth-order valence-electron chi connectivity index (χ4n) is 3.02. The Balaban J connectivity index is 1.76. The summed E-state index contributed by atoms with van der Waals surface area (Å²) < 4.78 is 0. The van der Waals surface area contributed by atoms with Crippen LogP contribution < -0.4 is 11.1 Å². The summed E-state index contributed by atoms with van der Waals surface area (Å²) in [5, 5.41) is 3.07. The Morgan fingerprint density at radius 2 is 2.10 bits per heavy atom. The smallest absolute Gasteiger partial charge is 0.251 e. The minimum atomic E-state index is -0.0200. The van der Waals surface area contributed by atoms with E-state index in [4.69, 9.17) is 5.73 Å². The van der Waals surface area contributed by atoms with Crippen LogP contribution in [0.15, 0.2) is 24.3 Å². The van der Waals surface area contributed by atoms with Gasteiger partial charge in [-0.15, -0.1) is 0 Å².